The number of rotatable bonds is 5. The summed E-state index contributed by atoms with van der Waals surface area (Å²) >= 11 is 0. The van der Waals surface area contributed by atoms with E-state index in [2.05, 4.69) is 4.98 Å². The molecule has 0 radical (unpaired) electrons. The van der Waals surface area contributed by atoms with Gasteiger partial charge in [-0.3, -0.25) is 14.7 Å². The van der Waals surface area contributed by atoms with Crippen LogP contribution in [-0.4, -0.2) is 30.1 Å². The zero-order valence-electron chi connectivity index (χ0n) is 14.8. The Hall–Kier alpha value is -3.34. The van der Waals surface area contributed by atoms with E-state index in [0.29, 0.717) is 11.3 Å². The Kier molecular flexibility index (Phi) is 5.17. The van der Waals surface area contributed by atoms with E-state index < -0.39 is 0 Å². The Labute approximate surface area is 153 Å². The Bertz CT molecular complexity index is 877. The van der Waals surface area contributed by atoms with Crippen LogP contribution in [0.1, 0.15) is 16.1 Å². The third-order valence-electron chi connectivity index (χ3n) is 4.09. The van der Waals surface area contributed by atoms with Crippen molar-refractivity contribution in [2.75, 3.05) is 23.9 Å². The number of anilines is 2. The first kappa shape index (κ1) is 17.5. The molecule has 0 fully saturated rings. The number of amides is 1. The van der Waals surface area contributed by atoms with Crippen molar-refractivity contribution in [2.45, 2.75) is 6.54 Å². The molecule has 0 saturated heterocycles. The summed E-state index contributed by atoms with van der Waals surface area (Å²) in [6, 6.07) is 19.8. The fourth-order valence-electron chi connectivity index (χ4n) is 2.67. The number of nitrogens with zero attached hydrogens (tertiary/aromatic N) is 3. The van der Waals surface area contributed by atoms with Gasteiger partial charge in [-0.1, -0.05) is 18.2 Å². The molecule has 5 nitrogen and oxygen atoms in total. The minimum absolute atomic E-state index is 0.0571. The molecular weight excluding hydrogens is 326 g/mol. The molecule has 1 N–H and O–H groups in total. The SMILES string of the molecule is CN(C)c1ccc(C(=O)N(Cc2ccccn2)c2ccccc2O)cc1. The largest absolute Gasteiger partial charge is 0.506 e. The molecule has 0 aliphatic rings. The molecule has 1 amide bonds. The van der Waals surface area contributed by atoms with E-state index in [1.807, 2.05) is 49.3 Å². The number of phenolic OH excluding ortho intramolecular Hbond substituents is 1. The number of hydrogen-bond acceptors (Lipinski definition) is 4. The van der Waals surface area contributed by atoms with Crippen molar-refractivity contribution in [1.82, 2.24) is 4.98 Å². The van der Waals surface area contributed by atoms with Gasteiger partial charge in [-0.25, -0.2) is 0 Å². The molecule has 2 aromatic carbocycles. The van der Waals surface area contributed by atoms with Crippen LogP contribution in [0, 0.1) is 0 Å². The van der Waals surface area contributed by atoms with Gasteiger partial charge in [-0.05, 0) is 48.5 Å². The van der Waals surface area contributed by atoms with Gasteiger partial charge in [-0.2, -0.15) is 0 Å². The predicted octanol–water partition coefficient (Wildman–Crippen LogP) is 3.70. The third kappa shape index (κ3) is 3.83. The lowest BCUT2D eigenvalue weighted by Crippen LogP contribution is -2.30. The van der Waals surface area contributed by atoms with E-state index in [1.54, 1.807) is 47.5 Å². The van der Waals surface area contributed by atoms with Gasteiger partial charge in [0.05, 0.1) is 17.9 Å². The number of hydrogen-bond donors (Lipinski definition) is 1. The summed E-state index contributed by atoms with van der Waals surface area (Å²) in [5.74, 6) is -0.135. The maximum atomic E-state index is 13.2. The number of aromatic hydroxyl groups is 1. The van der Waals surface area contributed by atoms with E-state index >= 15 is 0 Å². The molecule has 3 rings (SSSR count). The molecule has 0 saturated carbocycles. The highest BCUT2D eigenvalue weighted by Gasteiger charge is 2.21. The molecule has 0 bridgehead atoms. The van der Waals surface area contributed by atoms with Crippen molar-refractivity contribution in [3.8, 4) is 5.75 Å². The lowest BCUT2D eigenvalue weighted by molar-refractivity contribution is 0.0984. The highest BCUT2D eigenvalue weighted by molar-refractivity contribution is 6.06. The van der Waals surface area contributed by atoms with Crippen molar-refractivity contribution in [3.05, 3.63) is 84.2 Å². The Morgan fingerprint density at radius 3 is 2.27 bits per heavy atom. The molecule has 26 heavy (non-hydrogen) atoms. The van der Waals surface area contributed by atoms with E-state index in [9.17, 15) is 9.90 Å². The summed E-state index contributed by atoms with van der Waals surface area (Å²) in [7, 11) is 3.90. The van der Waals surface area contributed by atoms with Crippen molar-refractivity contribution >= 4 is 17.3 Å². The molecule has 132 valence electrons. The van der Waals surface area contributed by atoms with Crippen molar-refractivity contribution in [3.63, 3.8) is 0 Å². The van der Waals surface area contributed by atoms with Gasteiger partial charge in [0, 0.05) is 31.5 Å². The Morgan fingerprint density at radius 2 is 1.65 bits per heavy atom. The number of carbonyl (C=O) groups is 1. The van der Waals surface area contributed by atoms with Gasteiger partial charge in [0.25, 0.3) is 5.91 Å². The Balaban J connectivity index is 1.97. The monoisotopic (exact) mass is 347 g/mol. The minimum atomic E-state index is -0.192. The lowest BCUT2D eigenvalue weighted by Gasteiger charge is -2.24. The van der Waals surface area contributed by atoms with Crippen LogP contribution in [0.25, 0.3) is 0 Å². The third-order valence-corrected chi connectivity index (χ3v) is 4.09. The van der Waals surface area contributed by atoms with E-state index in [-0.39, 0.29) is 18.2 Å². The maximum absolute atomic E-state index is 13.2. The number of aromatic nitrogens is 1. The lowest BCUT2D eigenvalue weighted by atomic mass is 10.1. The first-order valence-electron chi connectivity index (χ1n) is 8.33. The fourth-order valence-corrected chi connectivity index (χ4v) is 2.67. The number of phenols is 1. The average Bonchev–Trinajstić information content (AvgIpc) is 2.67. The van der Waals surface area contributed by atoms with E-state index in [4.69, 9.17) is 0 Å². The normalized spacial score (nSPS) is 10.4. The Morgan fingerprint density at radius 1 is 0.962 bits per heavy atom. The van der Waals surface area contributed by atoms with Crippen LogP contribution in [0.3, 0.4) is 0 Å². The first-order valence-corrected chi connectivity index (χ1v) is 8.33. The van der Waals surface area contributed by atoms with Crippen LogP contribution in [-0.2, 0) is 6.54 Å². The summed E-state index contributed by atoms with van der Waals surface area (Å²) in [5.41, 5.74) is 2.77. The molecule has 0 aliphatic heterocycles. The van der Waals surface area contributed by atoms with Crippen molar-refractivity contribution in [1.29, 1.82) is 0 Å². The second kappa shape index (κ2) is 7.70. The smallest absolute Gasteiger partial charge is 0.258 e. The predicted molar refractivity (Wildman–Crippen MR) is 104 cm³/mol. The van der Waals surface area contributed by atoms with Gasteiger partial charge in [0.2, 0.25) is 0 Å². The molecule has 1 aromatic heterocycles. The maximum Gasteiger partial charge on any atom is 0.258 e. The molecule has 1 heterocycles. The fraction of sp³-hybridized carbons (Fsp3) is 0.143. The van der Waals surface area contributed by atoms with Gasteiger partial charge in [0.1, 0.15) is 5.75 Å². The minimum Gasteiger partial charge on any atom is -0.506 e. The van der Waals surface area contributed by atoms with Crippen molar-refractivity contribution < 1.29 is 9.90 Å². The topological polar surface area (TPSA) is 56.7 Å². The van der Waals surface area contributed by atoms with E-state index in [0.717, 1.165) is 11.4 Å². The number of pyridine rings is 1. The molecule has 0 aliphatic carbocycles. The average molecular weight is 347 g/mol. The quantitative estimate of drug-likeness (QED) is 0.765. The molecule has 5 heteroatoms. The van der Waals surface area contributed by atoms with Crippen LogP contribution in [0.15, 0.2) is 72.9 Å². The standard InChI is InChI=1S/C21H21N3O2/c1-23(2)18-12-10-16(11-13-18)21(26)24(15-17-7-5-6-14-22-17)19-8-3-4-9-20(19)25/h3-14,25H,15H2,1-2H3. The van der Waals surface area contributed by atoms with Crippen molar-refractivity contribution in [2.24, 2.45) is 0 Å². The van der Waals surface area contributed by atoms with Gasteiger partial charge < -0.3 is 10.0 Å². The molecule has 0 spiro atoms. The highest BCUT2D eigenvalue weighted by atomic mass is 16.3. The zero-order chi connectivity index (χ0) is 18.5. The summed E-state index contributed by atoms with van der Waals surface area (Å²) in [6.45, 7) is 0.271. The summed E-state index contributed by atoms with van der Waals surface area (Å²) in [6.07, 6.45) is 1.69. The first-order chi connectivity index (χ1) is 12.6. The number of para-hydroxylation sites is 2. The van der Waals surface area contributed by atoms with E-state index in [1.165, 1.54) is 0 Å². The van der Waals surface area contributed by atoms with Gasteiger partial charge in [0.15, 0.2) is 0 Å². The van der Waals surface area contributed by atoms with Crippen LogP contribution < -0.4 is 9.80 Å². The number of benzene rings is 2. The van der Waals surface area contributed by atoms with Crippen LogP contribution >= 0.6 is 0 Å². The summed E-state index contributed by atoms with van der Waals surface area (Å²) in [4.78, 5) is 21.0. The summed E-state index contributed by atoms with van der Waals surface area (Å²) < 4.78 is 0. The van der Waals surface area contributed by atoms with Gasteiger partial charge in [-0.15, -0.1) is 0 Å². The van der Waals surface area contributed by atoms with Gasteiger partial charge >= 0.3 is 0 Å². The molecule has 3 aromatic rings. The zero-order valence-corrected chi connectivity index (χ0v) is 14.8. The summed E-state index contributed by atoms with van der Waals surface area (Å²) in [5, 5.41) is 10.3. The molecule has 0 atom stereocenters. The van der Waals surface area contributed by atoms with Crippen LogP contribution in [0.5, 0.6) is 5.75 Å². The van der Waals surface area contributed by atoms with Crippen LogP contribution in [0.2, 0.25) is 0 Å². The second-order valence-electron chi connectivity index (χ2n) is 6.14. The van der Waals surface area contributed by atoms with Crippen LogP contribution in [0.4, 0.5) is 11.4 Å². The second-order valence-corrected chi connectivity index (χ2v) is 6.14. The molecular formula is C21H21N3O2. The molecule has 0 unspecified atom stereocenters. The number of carbonyl (C=O) groups excluding carboxylic acids is 1. The highest BCUT2D eigenvalue weighted by Crippen LogP contribution is 2.29.